The van der Waals surface area contributed by atoms with E-state index in [2.05, 4.69) is 20.6 Å². The lowest BCUT2D eigenvalue weighted by atomic mass is 10.2. The number of nitrogens with zero attached hydrogens (tertiary/aromatic N) is 2. The first kappa shape index (κ1) is 34.4. The molecular weight excluding hydrogens is 568 g/mol. The Morgan fingerprint density at radius 1 is 0.816 bits per heavy atom. The molecule has 17 heteroatoms. The van der Waals surface area contributed by atoms with Gasteiger partial charge in [0.15, 0.2) is 16.0 Å². The van der Waals surface area contributed by atoms with Gasteiger partial charge < -0.3 is 19.7 Å². The first-order chi connectivity index (χ1) is 16.8. The molecule has 0 saturated carbocycles. The molecule has 0 aliphatic heterocycles. The van der Waals surface area contributed by atoms with Crippen molar-refractivity contribution in [2.24, 2.45) is 0 Å². The number of aliphatic carboxylic acids is 2. The molecule has 0 radical (unpaired) electrons. The monoisotopic (exact) mass is 594 g/mol. The van der Waals surface area contributed by atoms with E-state index >= 15 is 0 Å². The molecule has 2 aromatic heterocycles. The van der Waals surface area contributed by atoms with Gasteiger partial charge in [-0.15, -0.1) is 11.3 Å². The van der Waals surface area contributed by atoms with Crippen LogP contribution in [0.2, 0.25) is 4.34 Å². The number of anilines is 2. The number of carboxylic acids is 2. The second kappa shape index (κ2) is 13.8. The summed E-state index contributed by atoms with van der Waals surface area (Å²) in [6.07, 6.45) is -1.49. The number of thiazole rings is 2. The second-order valence-electron chi connectivity index (χ2n) is 8.70. The number of rotatable bonds is 6. The minimum absolute atomic E-state index is 0. The maximum Gasteiger partial charge on any atom is 0.413 e. The Morgan fingerprint density at radius 2 is 1.26 bits per heavy atom. The summed E-state index contributed by atoms with van der Waals surface area (Å²) in [6, 6.07) is 0. The summed E-state index contributed by atoms with van der Waals surface area (Å²) in [6.45, 7) is 10.2. The number of hydrogen-bond acceptors (Lipinski definition) is 12. The lowest BCUT2D eigenvalue weighted by molar-refractivity contribution is -0.132. The molecule has 4 N–H and O–H groups in total. The molecule has 0 spiro atoms. The molecule has 0 fully saturated rings. The van der Waals surface area contributed by atoms with Crippen LogP contribution in [0.25, 0.3) is 0 Å². The van der Waals surface area contributed by atoms with Gasteiger partial charge in [-0.1, -0.05) is 30.4 Å². The van der Waals surface area contributed by atoms with Gasteiger partial charge in [0.05, 0.1) is 0 Å². The molecule has 2 amide bonds. The number of amides is 2. The van der Waals surface area contributed by atoms with Crippen LogP contribution in [0, 0.1) is 0 Å². The van der Waals surface area contributed by atoms with Crippen molar-refractivity contribution in [1.29, 1.82) is 0 Å². The van der Waals surface area contributed by atoms with Crippen LogP contribution in [0.4, 0.5) is 19.9 Å². The number of hydrogen-bond donors (Lipinski definition) is 4. The van der Waals surface area contributed by atoms with Crippen LogP contribution in [-0.4, -0.2) is 67.1 Å². The molecule has 14 nitrogen and oxygen atoms in total. The van der Waals surface area contributed by atoms with Crippen LogP contribution in [0.3, 0.4) is 0 Å². The zero-order valence-corrected chi connectivity index (χ0v) is 22.7. The maximum absolute atomic E-state index is 11.4. The molecule has 0 aromatic carbocycles. The van der Waals surface area contributed by atoms with E-state index in [9.17, 15) is 28.8 Å². The lowest BCUT2D eigenvalue weighted by Crippen LogP contribution is -2.27. The molecule has 0 unspecified atom stereocenters. The van der Waals surface area contributed by atoms with E-state index in [4.69, 9.17) is 31.3 Å². The molecule has 2 heterocycles. The van der Waals surface area contributed by atoms with Crippen molar-refractivity contribution in [3.8, 4) is 0 Å². The molecule has 0 aliphatic carbocycles. The largest absolute Gasteiger partial charge is 0.475 e. The maximum atomic E-state index is 11.4. The van der Waals surface area contributed by atoms with E-state index < -0.39 is 52.6 Å². The summed E-state index contributed by atoms with van der Waals surface area (Å²) >= 11 is 7.40. The molecule has 0 saturated heterocycles. The minimum Gasteiger partial charge on any atom is -0.475 e. The number of aromatic nitrogens is 2. The SMILES string of the molecule is C.CC(C)(C)OC(=O)Nc1nc(C(=O)C(=O)O)c(Cl)s1.CC(C)(C)OC(=O)Nc1nc(C(=O)C(=O)O)cs1. The average molecular weight is 595 g/mol. The minimum atomic E-state index is -1.67. The van der Waals surface area contributed by atoms with Gasteiger partial charge in [0.25, 0.3) is 11.6 Å². The van der Waals surface area contributed by atoms with Gasteiger partial charge in [0.2, 0.25) is 0 Å². The van der Waals surface area contributed by atoms with E-state index in [1.807, 2.05) is 0 Å². The van der Waals surface area contributed by atoms with Gasteiger partial charge in [-0.2, -0.15) is 0 Å². The molecule has 0 atom stereocenters. The number of ether oxygens (including phenoxy) is 2. The molecule has 38 heavy (non-hydrogen) atoms. The quantitative estimate of drug-likeness (QED) is 0.262. The average Bonchev–Trinajstić information content (AvgIpc) is 3.30. The van der Waals surface area contributed by atoms with Gasteiger partial charge in [0, 0.05) is 5.38 Å². The van der Waals surface area contributed by atoms with Crippen LogP contribution >= 0.6 is 34.3 Å². The van der Waals surface area contributed by atoms with Crippen molar-refractivity contribution in [2.45, 2.75) is 60.2 Å². The number of carbonyl (C=O) groups excluding carboxylic acids is 4. The molecule has 0 aliphatic rings. The van der Waals surface area contributed by atoms with Crippen molar-refractivity contribution >= 4 is 80.2 Å². The predicted molar refractivity (Wildman–Crippen MR) is 140 cm³/mol. The number of Topliss-reactive ketones (excluding diaryl/α,β-unsaturated/α-hetero) is 2. The third kappa shape index (κ3) is 12.1. The van der Waals surface area contributed by atoms with Gasteiger partial charge in [-0.05, 0) is 41.5 Å². The first-order valence-electron chi connectivity index (χ1n) is 9.96. The number of ketones is 2. The first-order valence-corrected chi connectivity index (χ1v) is 12.0. The fourth-order valence-electron chi connectivity index (χ4n) is 1.92. The van der Waals surface area contributed by atoms with Crippen molar-refractivity contribution in [2.75, 3.05) is 10.6 Å². The smallest absolute Gasteiger partial charge is 0.413 e. The van der Waals surface area contributed by atoms with Crippen LogP contribution in [0.5, 0.6) is 0 Å². The van der Waals surface area contributed by atoms with Crippen LogP contribution in [0.15, 0.2) is 5.38 Å². The summed E-state index contributed by atoms with van der Waals surface area (Å²) in [5.74, 6) is -5.62. The van der Waals surface area contributed by atoms with E-state index in [0.717, 1.165) is 22.7 Å². The Labute approximate surface area is 230 Å². The third-order valence-electron chi connectivity index (χ3n) is 3.14. The summed E-state index contributed by atoms with van der Waals surface area (Å²) < 4.78 is 9.83. The Hall–Kier alpha value is -3.63. The number of halogens is 1. The highest BCUT2D eigenvalue weighted by Crippen LogP contribution is 2.28. The highest BCUT2D eigenvalue weighted by atomic mass is 35.5. The van der Waals surface area contributed by atoms with Gasteiger partial charge >= 0.3 is 24.1 Å². The van der Waals surface area contributed by atoms with Crippen molar-refractivity contribution in [3.05, 3.63) is 21.1 Å². The molecule has 2 aromatic rings. The number of carbonyl (C=O) groups is 6. The summed E-state index contributed by atoms with van der Waals surface area (Å²) in [7, 11) is 0. The third-order valence-corrected chi connectivity index (χ3v) is 5.07. The zero-order chi connectivity index (χ0) is 28.7. The van der Waals surface area contributed by atoms with Gasteiger partial charge in [-0.3, -0.25) is 20.2 Å². The number of nitrogens with one attached hydrogen (secondary N) is 2. The van der Waals surface area contributed by atoms with E-state index in [-0.39, 0.29) is 27.7 Å². The standard InChI is InChI=1S/C10H11ClN2O5S.C10H12N2O5S.CH4/c1-10(2,3)18-9(17)13-8-12-4(6(11)19-8)5(14)7(15)16;1-10(2,3)17-9(16)12-8-11-5(4-18-8)6(13)7(14)15;/h1-3H3,(H,15,16)(H,12,13,17);4H,1-3H3,(H,14,15)(H,11,12,16);1H4. The lowest BCUT2D eigenvalue weighted by Gasteiger charge is -2.18. The van der Waals surface area contributed by atoms with Crippen molar-refractivity contribution < 1.29 is 48.5 Å². The fraction of sp³-hybridized carbons (Fsp3) is 0.429. The summed E-state index contributed by atoms with van der Waals surface area (Å²) in [5.41, 5.74) is -1.98. The van der Waals surface area contributed by atoms with E-state index in [1.165, 1.54) is 5.38 Å². The van der Waals surface area contributed by atoms with E-state index in [0.29, 0.717) is 0 Å². The van der Waals surface area contributed by atoms with E-state index in [1.54, 1.807) is 41.5 Å². The Bertz CT molecular complexity index is 1210. The molecule has 2 rings (SSSR count). The zero-order valence-electron chi connectivity index (χ0n) is 20.3. The van der Waals surface area contributed by atoms with Gasteiger partial charge in [-0.25, -0.2) is 29.1 Å². The summed E-state index contributed by atoms with van der Waals surface area (Å²) in [5, 5.41) is 23.0. The van der Waals surface area contributed by atoms with Gasteiger partial charge in [0.1, 0.15) is 21.2 Å². The second-order valence-corrected chi connectivity index (χ2v) is 11.2. The molecule has 210 valence electrons. The molecular formula is C21H27ClN4O10S2. The van der Waals surface area contributed by atoms with Crippen LogP contribution < -0.4 is 10.6 Å². The Morgan fingerprint density at radius 3 is 1.68 bits per heavy atom. The highest BCUT2D eigenvalue weighted by molar-refractivity contribution is 7.20. The molecule has 0 bridgehead atoms. The van der Waals surface area contributed by atoms with Crippen LogP contribution in [-0.2, 0) is 19.1 Å². The Kier molecular flexibility index (Phi) is 12.5. The topological polar surface area (TPSA) is 211 Å². The normalized spacial score (nSPS) is 10.6. The summed E-state index contributed by atoms with van der Waals surface area (Å²) in [4.78, 5) is 73.4. The van der Waals surface area contributed by atoms with Crippen molar-refractivity contribution in [1.82, 2.24) is 9.97 Å². The highest BCUT2D eigenvalue weighted by Gasteiger charge is 2.25. The van der Waals surface area contributed by atoms with Crippen molar-refractivity contribution in [3.63, 3.8) is 0 Å². The van der Waals surface area contributed by atoms with Crippen LogP contribution in [0.1, 0.15) is 69.9 Å². The number of carboxylic acid groups (broad SMARTS) is 2. The Balaban J connectivity index is 0.000000703. The predicted octanol–water partition coefficient (Wildman–Crippen LogP) is 4.80. The fourth-order valence-corrected chi connectivity index (χ4v) is 3.62.